The highest BCUT2D eigenvalue weighted by Crippen LogP contribution is 2.20. The van der Waals surface area contributed by atoms with E-state index in [0.717, 1.165) is 5.56 Å². The first-order valence-electron chi connectivity index (χ1n) is 4.76. The molecule has 0 saturated heterocycles. The van der Waals surface area contributed by atoms with Crippen molar-refractivity contribution in [3.63, 3.8) is 0 Å². The Balaban J connectivity index is 3.11. The van der Waals surface area contributed by atoms with Crippen molar-refractivity contribution in [2.24, 2.45) is 0 Å². The molecule has 0 bridgehead atoms. The van der Waals surface area contributed by atoms with Crippen LogP contribution in [0.15, 0.2) is 23.1 Å². The summed E-state index contributed by atoms with van der Waals surface area (Å²) in [7, 11) is -1.28. The lowest BCUT2D eigenvalue weighted by atomic mass is 10.2. The fourth-order valence-corrected chi connectivity index (χ4v) is 2.62. The third kappa shape index (κ3) is 2.57. The molecule has 0 aliphatic rings. The molecule has 1 rings (SSSR count). The first-order valence-corrected chi connectivity index (χ1v) is 5.97. The number of nitrogens with zero attached hydrogens (tertiary/aromatic N) is 1. The summed E-state index contributed by atoms with van der Waals surface area (Å²) in [6.45, 7) is 3.73. The third-order valence-corrected chi connectivity index (χ3v) is 4.03. The predicted octanol–water partition coefficient (Wildman–Crippen LogP) is 1.99. The Labute approximate surface area is 92.4 Å². The van der Waals surface area contributed by atoms with Gasteiger partial charge in [0, 0.05) is 10.6 Å². The number of nitriles is 1. The van der Waals surface area contributed by atoms with Crippen LogP contribution in [0, 0.1) is 18.3 Å². The average molecular weight is 222 g/mol. The van der Waals surface area contributed by atoms with Crippen molar-refractivity contribution in [3.8, 4) is 6.07 Å². The summed E-state index contributed by atoms with van der Waals surface area (Å²) >= 11 is 0. The molecule has 0 spiro atoms. The van der Waals surface area contributed by atoms with E-state index in [1.807, 2.05) is 19.9 Å². The van der Waals surface area contributed by atoms with Crippen molar-refractivity contribution in [3.05, 3.63) is 23.8 Å². The molecule has 1 aromatic carbocycles. The van der Waals surface area contributed by atoms with Crippen molar-refractivity contribution >= 4 is 16.5 Å². The van der Waals surface area contributed by atoms with Crippen LogP contribution in [0.4, 0.5) is 5.69 Å². The number of anilines is 1. The van der Waals surface area contributed by atoms with Crippen molar-refractivity contribution in [2.45, 2.75) is 30.4 Å². The topological polar surface area (TPSA) is 66.9 Å². The number of benzene rings is 1. The van der Waals surface area contributed by atoms with Gasteiger partial charge in [-0.25, -0.2) is 0 Å². The number of rotatable bonds is 3. The summed E-state index contributed by atoms with van der Waals surface area (Å²) in [4.78, 5) is 0.670. The summed E-state index contributed by atoms with van der Waals surface area (Å²) in [5, 5.41) is 8.39. The molecule has 2 N–H and O–H groups in total. The Morgan fingerprint density at radius 3 is 2.80 bits per heavy atom. The molecule has 0 heterocycles. The van der Waals surface area contributed by atoms with E-state index in [0.29, 0.717) is 17.0 Å². The normalized spacial score (nSPS) is 14.2. The quantitative estimate of drug-likeness (QED) is 0.795. The molecular weight excluding hydrogens is 208 g/mol. The standard InChI is InChI=1S/C11H14N2OS/c1-3-10(7-12)15(14)11-6-9(13)5-4-8(11)2/h4-6,10H,3,13H2,1-2H3. The van der Waals surface area contributed by atoms with E-state index in [1.54, 1.807) is 12.1 Å². The lowest BCUT2D eigenvalue weighted by Gasteiger charge is -2.09. The monoisotopic (exact) mass is 222 g/mol. The SMILES string of the molecule is CCC(C#N)S(=O)c1cc(N)ccc1C. The summed E-state index contributed by atoms with van der Waals surface area (Å²) < 4.78 is 12.0. The van der Waals surface area contributed by atoms with Gasteiger partial charge in [-0.3, -0.25) is 4.21 Å². The Morgan fingerprint density at radius 2 is 2.27 bits per heavy atom. The minimum atomic E-state index is -1.28. The van der Waals surface area contributed by atoms with Gasteiger partial charge in [-0.1, -0.05) is 13.0 Å². The van der Waals surface area contributed by atoms with E-state index >= 15 is 0 Å². The lowest BCUT2D eigenvalue weighted by molar-refractivity contribution is 0.675. The molecule has 0 aliphatic carbocycles. The van der Waals surface area contributed by atoms with Crippen molar-refractivity contribution < 1.29 is 4.21 Å². The molecule has 0 amide bonds. The lowest BCUT2D eigenvalue weighted by Crippen LogP contribution is -2.12. The molecule has 2 unspecified atom stereocenters. The van der Waals surface area contributed by atoms with Gasteiger partial charge in [-0.2, -0.15) is 5.26 Å². The van der Waals surface area contributed by atoms with E-state index < -0.39 is 16.0 Å². The molecule has 0 radical (unpaired) electrons. The first-order chi connectivity index (χ1) is 7.10. The number of hydrogen-bond acceptors (Lipinski definition) is 3. The summed E-state index contributed by atoms with van der Waals surface area (Å²) in [5.74, 6) is 0. The fourth-order valence-electron chi connectivity index (χ4n) is 1.28. The maximum atomic E-state index is 12.0. The zero-order valence-electron chi connectivity index (χ0n) is 8.86. The second kappa shape index (κ2) is 4.94. The van der Waals surface area contributed by atoms with E-state index in [-0.39, 0.29) is 0 Å². The predicted molar refractivity (Wildman–Crippen MR) is 61.7 cm³/mol. The van der Waals surface area contributed by atoms with Crippen LogP contribution in [0.5, 0.6) is 0 Å². The van der Waals surface area contributed by atoms with Gasteiger partial charge >= 0.3 is 0 Å². The van der Waals surface area contributed by atoms with Gasteiger partial charge in [0.05, 0.1) is 16.9 Å². The Kier molecular flexibility index (Phi) is 3.87. The molecule has 0 saturated carbocycles. The number of aryl methyl sites for hydroxylation is 1. The van der Waals surface area contributed by atoms with Crippen molar-refractivity contribution in [1.82, 2.24) is 0 Å². The van der Waals surface area contributed by atoms with Crippen molar-refractivity contribution in [2.75, 3.05) is 5.73 Å². The van der Waals surface area contributed by atoms with Gasteiger partial charge < -0.3 is 5.73 Å². The van der Waals surface area contributed by atoms with E-state index in [1.165, 1.54) is 0 Å². The minimum Gasteiger partial charge on any atom is -0.399 e. The average Bonchev–Trinajstić information content (AvgIpc) is 2.23. The van der Waals surface area contributed by atoms with Crippen molar-refractivity contribution in [1.29, 1.82) is 5.26 Å². The molecule has 0 fully saturated rings. The van der Waals surface area contributed by atoms with Gasteiger partial charge in [-0.05, 0) is 31.0 Å². The molecule has 2 atom stereocenters. The molecule has 4 heteroatoms. The van der Waals surface area contributed by atoms with Crippen LogP contribution >= 0.6 is 0 Å². The van der Waals surface area contributed by atoms with Gasteiger partial charge in [0.1, 0.15) is 5.25 Å². The van der Waals surface area contributed by atoms with E-state index in [2.05, 4.69) is 6.07 Å². The molecule has 3 nitrogen and oxygen atoms in total. The highest BCUT2D eigenvalue weighted by Gasteiger charge is 2.17. The van der Waals surface area contributed by atoms with E-state index in [4.69, 9.17) is 11.0 Å². The molecule has 1 aromatic rings. The summed E-state index contributed by atoms with van der Waals surface area (Å²) in [6, 6.07) is 7.33. The van der Waals surface area contributed by atoms with Crippen LogP contribution < -0.4 is 5.73 Å². The van der Waals surface area contributed by atoms with Gasteiger partial charge in [0.2, 0.25) is 0 Å². The molecule has 15 heavy (non-hydrogen) atoms. The minimum absolute atomic E-state index is 0.453. The molecular formula is C11H14N2OS. The molecule has 0 aliphatic heterocycles. The van der Waals surface area contributed by atoms with Crippen LogP contribution in [-0.2, 0) is 10.8 Å². The zero-order chi connectivity index (χ0) is 11.4. The van der Waals surface area contributed by atoms with Crippen LogP contribution in [-0.4, -0.2) is 9.46 Å². The Morgan fingerprint density at radius 1 is 1.60 bits per heavy atom. The third-order valence-electron chi connectivity index (χ3n) is 2.20. The molecule has 0 aromatic heterocycles. The molecule has 80 valence electrons. The second-order valence-corrected chi connectivity index (χ2v) is 4.95. The maximum Gasteiger partial charge on any atom is 0.126 e. The largest absolute Gasteiger partial charge is 0.399 e. The van der Waals surface area contributed by atoms with Gasteiger partial charge in [0.25, 0.3) is 0 Å². The summed E-state index contributed by atoms with van der Waals surface area (Å²) in [5.41, 5.74) is 7.12. The fraction of sp³-hybridized carbons (Fsp3) is 0.364. The van der Waals surface area contributed by atoms with Crippen LogP contribution in [0.25, 0.3) is 0 Å². The zero-order valence-corrected chi connectivity index (χ0v) is 9.67. The van der Waals surface area contributed by atoms with Gasteiger partial charge in [-0.15, -0.1) is 0 Å². The smallest absolute Gasteiger partial charge is 0.126 e. The first kappa shape index (κ1) is 11.7. The van der Waals surface area contributed by atoms with Crippen LogP contribution in [0.2, 0.25) is 0 Å². The maximum absolute atomic E-state index is 12.0. The number of hydrogen-bond donors (Lipinski definition) is 1. The second-order valence-electron chi connectivity index (χ2n) is 3.35. The van der Waals surface area contributed by atoms with E-state index in [9.17, 15) is 4.21 Å². The van der Waals surface area contributed by atoms with Crippen LogP contribution in [0.1, 0.15) is 18.9 Å². The Bertz CT molecular complexity index is 423. The van der Waals surface area contributed by atoms with Crippen LogP contribution in [0.3, 0.4) is 0 Å². The number of nitrogens with two attached hydrogens (primary N) is 1. The highest BCUT2D eigenvalue weighted by molar-refractivity contribution is 7.86. The Hall–Kier alpha value is -1.34. The summed E-state index contributed by atoms with van der Waals surface area (Å²) in [6.07, 6.45) is 0.581. The number of nitrogen functional groups attached to an aromatic ring is 1. The highest BCUT2D eigenvalue weighted by atomic mass is 32.2. The van der Waals surface area contributed by atoms with Gasteiger partial charge in [0.15, 0.2) is 0 Å².